The fourth-order valence-electron chi connectivity index (χ4n) is 1.83. The van der Waals surface area contributed by atoms with E-state index in [1.165, 1.54) is 13.2 Å². The molecule has 0 saturated carbocycles. The second-order valence-corrected chi connectivity index (χ2v) is 5.53. The van der Waals surface area contributed by atoms with E-state index in [2.05, 4.69) is 27.3 Å². The number of anilines is 1. The van der Waals surface area contributed by atoms with Crippen molar-refractivity contribution in [3.63, 3.8) is 0 Å². The molecular formula is C15H12BrClN2O2. The number of halogens is 2. The number of nitriles is 1. The van der Waals surface area contributed by atoms with E-state index >= 15 is 0 Å². The molecule has 0 spiro atoms. The zero-order valence-electron chi connectivity index (χ0n) is 11.1. The van der Waals surface area contributed by atoms with Gasteiger partial charge in [0.2, 0.25) is 0 Å². The highest BCUT2D eigenvalue weighted by Crippen LogP contribution is 2.31. The summed E-state index contributed by atoms with van der Waals surface area (Å²) in [6.07, 6.45) is 0. The van der Waals surface area contributed by atoms with E-state index in [-0.39, 0.29) is 5.75 Å². The summed E-state index contributed by atoms with van der Waals surface area (Å²) in [5, 5.41) is 22.8. The van der Waals surface area contributed by atoms with Crippen LogP contribution in [0.4, 0.5) is 5.69 Å². The fraction of sp³-hybridized carbons (Fsp3) is 0.133. The molecule has 0 saturated heterocycles. The number of ether oxygens (including phenoxy) is 1. The van der Waals surface area contributed by atoms with E-state index in [0.29, 0.717) is 16.3 Å². The van der Waals surface area contributed by atoms with Gasteiger partial charge in [0.15, 0.2) is 11.5 Å². The van der Waals surface area contributed by atoms with Crippen LogP contribution in [0.2, 0.25) is 5.02 Å². The summed E-state index contributed by atoms with van der Waals surface area (Å²) in [6.45, 7) is 0. The molecule has 0 amide bonds. The Morgan fingerprint density at radius 3 is 2.67 bits per heavy atom. The quantitative estimate of drug-likeness (QED) is 0.835. The molecule has 0 radical (unpaired) electrons. The molecular weight excluding hydrogens is 356 g/mol. The molecule has 0 heterocycles. The monoisotopic (exact) mass is 366 g/mol. The molecule has 0 aromatic heterocycles. The standard InChI is InChI=1S/C15H12BrClN2O2/c1-21-15-5-2-9(6-14(15)20)13(8-18)19-10-3-4-12(17)11(16)7-10/h2-7,13,19-20H,1H3. The normalized spacial score (nSPS) is 11.5. The number of hydrogen-bond acceptors (Lipinski definition) is 4. The van der Waals surface area contributed by atoms with Crippen LogP contribution in [0.5, 0.6) is 11.5 Å². The van der Waals surface area contributed by atoms with Crippen LogP contribution in [0.3, 0.4) is 0 Å². The molecule has 0 fully saturated rings. The Hall–Kier alpha value is -1.90. The molecule has 0 aliphatic heterocycles. The highest BCUT2D eigenvalue weighted by molar-refractivity contribution is 9.10. The van der Waals surface area contributed by atoms with Crippen LogP contribution in [0, 0.1) is 11.3 Å². The predicted molar refractivity (Wildman–Crippen MR) is 85.8 cm³/mol. The number of phenols is 1. The Labute approximate surface area is 136 Å². The second kappa shape index (κ2) is 6.70. The third-order valence-corrected chi connectivity index (χ3v) is 4.11. The maximum Gasteiger partial charge on any atom is 0.160 e. The first-order chi connectivity index (χ1) is 10.0. The summed E-state index contributed by atoms with van der Waals surface area (Å²) in [5.74, 6) is 0.360. The molecule has 21 heavy (non-hydrogen) atoms. The average Bonchev–Trinajstić information content (AvgIpc) is 2.48. The third kappa shape index (κ3) is 3.60. The van der Waals surface area contributed by atoms with Crippen LogP contribution < -0.4 is 10.1 Å². The van der Waals surface area contributed by atoms with Gasteiger partial charge in [0, 0.05) is 10.2 Å². The number of nitrogens with one attached hydrogen (secondary N) is 1. The molecule has 1 atom stereocenters. The molecule has 6 heteroatoms. The number of phenolic OH excluding ortho intramolecular Hbond substituents is 1. The van der Waals surface area contributed by atoms with Gasteiger partial charge in [-0.2, -0.15) is 5.26 Å². The van der Waals surface area contributed by atoms with Gasteiger partial charge in [0.05, 0.1) is 18.2 Å². The first kappa shape index (κ1) is 15.5. The zero-order chi connectivity index (χ0) is 15.4. The van der Waals surface area contributed by atoms with E-state index in [9.17, 15) is 10.4 Å². The van der Waals surface area contributed by atoms with Crippen molar-refractivity contribution >= 4 is 33.2 Å². The average molecular weight is 368 g/mol. The molecule has 2 N–H and O–H groups in total. The number of nitrogens with zero attached hydrogens (tertiary/aromatic N) is 1. The van der Waals surface area contributed by atoms with Gasteiger partial charge >= 0.3 is 0 Å². The smallest absolute Gasteiger partial charge is 0.160 e. The minimum atomic E-state index is -0.602. The van der Waals surface area contributed by atoms with E-state index in [0.717, 1.165) is 10.2 Å². The van der Waals surface area contributed by atoms with Gasteiger partial charge in [0.1, 0.15) is 6.04 Å². The Morgan fingerprint density at radius 2 is 2.10 bits per heavy atom. The fourth-order valence-corrected chi connectivity index (χ4v) is 2.33. The van der Waals surface area contributed by atoms with Crippen LogP contribution in [-0.4, -0.2) is 12.2 Å². The summed E-state index contributed by atoms with van der Waals surface area (Å²) in [7, 11) is 1.47. The van der Waals surface area contributed by atoms with Crippen LogP contribution in [0.1, 0.15) is 11.6 Å². The topological polar surface area (TPSA) is 65.3 Å². The lowest BCUT2D eigenvalue weighted by molar-refractivity contribution is 0.373. The summed E-state index contributed by atoms with van der Waals surface area (Å²) < 4.78 is 5.73. The van der Waals surface area contributed by atoms with Crippen LogP contribution >= 0.6 is 27.5 Å². The third-order valence-electron chi connectivity index (χ3n) is 2.90. The highest BCUT2D eigenvalue weighted by atomic mass is 79.9. The van der Waals surface area contributed by atoms with Gasteiger partial charge < -0.3 is 15.2 Å². The Kier molecular flexibility index (Phi) is 4.94. The van der Waals surface area contributed by atoms with E-state index < -0.39 is 6.04 Å². The van der Waals surface area contributed by atoms with Gasteiger partial charge in [-0.25, -0.2) is 0 Å². The van der Waals surface area contributed by atoms with Crippen molar-refractivity contribution in [1.29, 1.82) is 5.26 Å². The first-order valence-corrected chi connectivity index (χ1v) is 7.20. The minimum Gasteiger partial charge on any atom is -0.504 e. The van der Waals surface area contributed by atoms with Gasteiger partial charge in [-0.05, 0) is 51.8 Å². The lowest BCUT2D eigenvalue weighted by Crippen LogP contribution is -2.08. The van der Waals surface area contributed by atoms with Crippen molar-refractivity contribution in [3.05, 3.63) is 51.5 Å². The zero-order valence-corrected chi connectivity index (χ0v) is 13.4. The number of benzene rings is 2. The summed E-state index contributed by atoms with van der Waals surface area (Å²) in [4.78, 5) is 0. The molecule has 2 aromatic rings. The van der Waals surface area contributed by atoms with Gasteiger partial charge in [-0.1, -0.05) is 17.7 Å². The molecule has 0 aliphatic carbocycles. The molecule has 108 valence electrons. The predicted octanol–water partition coefficient (Wildman–Crippen LogP) is 4.49. The van der Waals surface area contributed by atoms with E-state index in [1.54, 1.807) is 30.3 Å². The lowest BCUT2D eigenvalue weighted by Gasteiger charge is -2.15. The molecule has 1 unspecified atom stereocenters. The van der Waals surface area contributed by atoms with Gasteiger partial charge in [0.25, 0.3) is 0 Å². The molecule has 0 aliphatic rings. The SMILES string of the molecule is COc1ccc(C(C#N)Nc2ccc(Cl)c(Br)c2)cc1O. The van der Waals surface area contributed by atoms with E-state index in [1.807, 2.05) is 0 Å². The Balaban J connectivity index is 2.26. The van der Waals surface area contributed by atoms with Gasteiger partial charge in [-0.3, -0.25) is 0 Å². The first-order valence-electron chi connectivity index (χ1n) is 6.03. The van der Waals surface area contributed by atoms with Crippen molar-refractivity contribution < 1.29 is 9.84 Å². The van der Waals surface area contributed by atoms with E-state index in [4.69, 9.17) is 16.3 Å². The number of rotatable bonds is 4. The highest BCUT2D eigenvalue weighted by Gasteiger charge is 2.13. The van der Waals surface area contributed by atoms with Crippen molar-refractivity contribution in [1.82, 2.24) is 0 Å². The van der Waals surface area contributed by atoms with Crippen molar-refractivity contribution in [2.24, 2.45) is 0 Å². The number of hydrogen-bond donors (Lipinski definition) is 2. The lowest BCUT2D eigenvalue weighted by atomic mass is 10.1. The Morgan fingerprint density at radius 1 is 1.33 bits per heavy atom. The second-order valence-electron chi connectivity index (χ2n) is 4.27. The summed E-state index contributed by atoms with van der Waals surface area (Å²) >= 11 is 9.27. The number of methoxy groups -OCH3 is 1. The molecule has 4 nitrogen and oxygen atoms in total. The van der Waals surface area contributed by atoms with Crippen LogP contribution in [0.25, 0.3) is 0 Å². The summed E-state index contributed by atoms with van der Waals surface area (Å²) in [5.41, 5.74) is 1.38. The molecule has 2 rings (SSSR count). The van der Waals surface area contributed by atoms with Crippen molar-refractivity contribution in [3.8, 4) is 17.6 Å². The van der Waals surface area contributed by atoms with Crippen LogP contribution in [0.15, 0.2) is 40.9 Å². The maximum atomic E-state index is 9.80. The van der Waals surface area contributed by atoms with Crippen molar-refractivity contribution in [2.75, 3.05) is 12.4 Å². The minimum absolute atomic E-state index is 0.00524. The molecule has 0 bridgehead atoms. The maximum absolute atomic E-state index is 9.80. The number of aromatic hydroxyl groups is 1. The Bertz CT molecular complexity index is 701. The van der Waals surface area contributed by atoms with Gasteiger partial charge in [-0.15, -0.1) is 0 Å². The van der Waals surface area contributed by atoms with Crippen LogP contribution in [-0.2, 0) is 0 Å². The molecule has 2 aromatic carbocycles. The summed E-state index contributed by atoms with van der Waals surface area (Å²) in [6, 6.07) is 11.7. The largest absolute Gasteiger partial charge is 0.504 e. The van der Waals surface area contributed by atoms with Crippen molar-refractivity contribution in [2.45, 2.75) is 6.04 Å².